The van der Waals surface area contributed by atoms with Crippen LogP contribution in [0.1, 0.15) is 55.3 Å². The molecule has 9 nitrogen and oxygen atoms in total. The van der Waals surface area contributed by atoms with Crippen LogP contribution in [0.2, 0.25) is 0 Å². The topological polar surface area (TPSA) is 111 Å². The van der Waals surface area contributed by atoms with Gasteiger partial charge in [-0.05, 0) is 87.3 Å². The number of aliphatic imine (C=N–C) groups is 1. The summed E-state index contributed by atoms with van der Waals surface area (Å²) in [6, 6.07) is 13.0. The first-order chi connectivity index (χ1) is 23.4. The highest BCUT2D eigenvalue weighted by Crippen LogP contribution is 2.33. The summed E-state index contributed by atoms with van der Waals surface area (Å²) in [4.78, 5) is 37.3. The number of anilines is 2. The Hall–Kier alpha value is -4.96. The van der Waals surface area contributed by atoms with E-state index >= 15 is 0 Å². The van der Waals surface area contributed by atoms with Crippen molar-refractivity contribution in [3.8, 4) is 22.5 Å². The van der Waals surface area contributed by atoms with Crippen molar-refractivity contribution in [3.05, 3.63) is 89.9 Å². The zero-order valence-corrected chi connectivity index (χ0v) is 27.5. The molecule has 5 aromatic rings. The first-order valence-corrected chi connectivity index (χ1v) is 16.9. The van der Waals surface area contributed by atoms with Gasteiger partial charge in [0.2, 0.25) is 5.91 Å². The summed E-state index contributed by atoms with van der Waals surface area (Å²) in [6.07, 6.45) is 14.4. The number of carbonyl (C=O) groups excluding carboxylic acids is 1. The van der Waals surface area contributed by atoms with E-state index in [-0.39, 0.29) is 11.7 Å². The first kappa shape index (κ1) is 31.6. The van der Waals surface area contributed by atoms with Gasteiger partial charge < -0.3 is 20.5 Å². The van der Waals surface area contributed by atoms with E-state index in [0.717, 1.165) is 76.2 Å². The van der Waals surface area contributed by atoms with Crippen LogP contribution in [0.4, 0.5) is 15.8 Å². The second-order valence-electron chi connectivity index (χ2n) is 13.2. The van der Waals surface area contributed by atoms with Crippen LogP contribution in [-0.2, 0) is 11.2 Å². The Morgan fingerprint density at radius 2 is 1.83 bits per heavy atom. The maximum atomic E-state index is 14.8. The first-order valence-electron chi connectivity index (χ1n) is 16.9. The van der Waals surface area contributed by atoms with Crippen molar-refractivity contribution in [2.75, 3.05) is 44.4 Å². The van der Waals surface area contributed by atoms with Gasteiger partial charge in [0.1, 0.15) is 5.82 Å². The van der Waals surface area contributed by atoms with Crippen molar-refractivity contribution in [2.45, 2.75) is 44.9 Å². The number of hydrogen-bond donors (Lipinski definition) is 3. The van der Waals surface area contributed by atoms with E-state index in [1.807, 2.05) is 38.5 Å². The van der Waals surface area contributed by atoms with Gasteiger partial charge in [-0.1, -0.05) is 19.3 Å². The zero-order chi connectivity index (χ0) is 33.0. The van der Waals surface area contributed by atoms with E-state index < -0.39 is 0 Å². The minimum absolute atomic E-state index is 0.0383. The average molecular weight is 645 g/mol. The standard InChI is InChI=1S/C38H41FN8O/c1-47(2)13-12-41-29-16-26(15-28(39)18-29)37-32-20-35(46-33(32)9-11-42-37)38-31-19-34(44-22-25(31)8-10-43-38)27-17-30(23-40-21-27)45-36(48)14-24-6-4-3-5-7-24/h9,11,15-24,41,46H,3-8,10,12-14H2,1-2H3,(H,45,48). The highest BCUT2D eigenvalue weighted by Gasteiger charge is 2.22. The van der Waals surface area contributed by atoms with Crippen LogP contribution in [0.3, 0.4) is 0 Å². The van der Waals surface area contributed by atoms with Crippen molar-refractivity contribution in [3.63, 3.8) is 0 Å². The number of amides is 1. The smallest absolute Gasteiger partial charge is 0.224 e. The lowest BCUT2D eigenvalue weighted by molar-refractivity contribution is -0.117. The van der Waals surface area contributed by atoms with Gasteiger partial charge >= 0.3 is 0 Å². The molecule has 2 aliphatic rings. The van der Waals surface area contributed by atoms with Crippen molar-refractivity contribution < 1.29 is 9.18 Å². The summed E-state index contributed by atoms with van der Waals surface area (Å²) in [5.74, 6) is 0.187. The molecule has 10 heteroatoms. The van der Waals surface area contributed by atoms with Crippen molar-refractivity contribution in [1.29, 1.82) is 0 Å². The summed E-state index contributed by atoms with van der Waals surface area (Å²) in [6.45, 7) is 2.19. The van der Waals surface area contributed by atoms with Crippen molar-refractivity contribution in [1.82, 2.24) is 24.8 Å². The molecule has 3 N–H and O–H groups in total. The molecule has 4 aromatic heterocycles. The van der Waals surface area contributed by atoms with Crippen LogP contribution in [0, 0.1) is 11.7 Å². The maximum Gasteiger partial charge on any atom is 0.224 e. The lowest BCUT2D eigenvalue weighted by Gasteiger charge is -2.20. The van der Waals surface area contributed by atoms with Gasteiger partial charge in [0, 0.05) is 77.9 Å². The number of benzene rings is 1. The normalized spacial score (nSPS) is 15.0. The second kappa shape index (κ2) is 14.0. The molecule has 1 fully saturated rings. The number of aromatic nitrogens is 4. The molecule has 5 heterocycles. The monoisotopic (exact) mass is 644 g/mol. The summed E-state index contributed by atoms with van der Waals surface area (Å²) in [7, 11) is 4.02. The van der Waals surface area contributed by atoms with Gasteiger partial charge in [-0.25, -0.2) is 4.39 Å². The second-order valence-corrected chi connectivity index (χ2v) is 13.2. The number of hydrogen-bond acceptors (Lipinski definition) is 7. The fraction of sp³-hybridized carbons (Fsp3) is 0.342. The van der Waals surface area contributed by atoms with Crippen molar-refractivity contribution >= 4 is 33.9 Å². The third kappa shape index (κ3) is 7.13. The molecular formula is C38H41FN8O. The molecule has 0 radical (unpaired) electrons. The predicted molar refractivity (Wildman–Crippen MR) is 190 cm³/mol. The molecule has 0 spiro atoms. The van der Waals surface area contributed by atoms with E-state index in [4.69, 9.17) is 9.98 Å². The molecular weight excluding hydrogens is 603 g/mol. The van der Waals surface area contributed by atoms with Gasteiger partial charge in [0.05, 0.1) is 34.7 Å². The SMILES string of the molecule is CN(C)CCNc1cc(F)cc(-c2nccc3[nH]c(C4=NCCc5cnc(-c6cncc(NC(=O)CC7CCCCC7)c6)cc54)cc23)c1. The average Bonchev–Trinajstić information content (AvgIpc) is 3.52. The van der Waals surface area contributed by atoms with Gasteiger partial charge in [-0.15, -0.1) is 0 Å². The molecule has 1 aliphatic carbocycles. The molecule has 0 atom stereocenters. The summed E-state index contributed by atoms with van der Waals surface area (Å²) < 4.78 is 14.8. The van der Waals surface area contributed by atoms with Crippen LogP contribution < -0.4 is 10.6 Å². The number of nitrogens with zero attached hydrogens (tertiary/aromatic N) is 5. The van der Waals surface area contributed by atoms with Gasteiger partial charge in [-0.2, -0.15) is 0 Å². The van der Waals surface area contributed by atoms with E-state index in [0.29, 0.717) is 42.4 Å². The van der Waals surface area contributed by atoms with E-state index in [1.165, 1.54) is 31.4 Å². The molecule has 1 aromatic carbocycles. The van der Waals surface area contributed by atoms with Gasteiger partial charge in [0.15, 0.2) is 0 Å². The minimum atomic E-state index is -0.317. The number of carbonyl (C=O) groups is 1. The summed E-state index contributed by atoms with van der Waals surface area (Å²) in [5, 5.41) is 7.27. The molecule has 1 saturated carbocycles. The number of rotatable bonds is 10. The Morgan fingerprint density at radius 1 is 0.979 bits per heavy atom. The number of fused-ring (bicyclic) bond motifs is 2. The van der Waals surface area contributed by atoms with Gasteiger partial charge in [0.25, 0.3) is 0 Å². The van der Waals surface area contributed by atoms with Crippen LogP contribution in [0.15, 0.2) is 72.2 Å². The van der Waals surface area contributed by atoms with Crippen molar-refractivity contribution in [2.24, 2.45) is 10.9 Å². The Bertz CT molecular complexity index is 1980. The summed E-state index contributed by atoms with van der Waals surface area (Å²) >= 11 is 0. The lowest BCUT2D eigenvalue weighted by atomic mass is 9.87. The maximum absolute atomic E-state index is 14.8. The quantitative estimate of drug-likeness (QED) is 0.150. The van der Waals surface area contributed by atoms with E-state index in [2.05, 4.69) is 42.6 Å². The molecule has 246 valence electrons. The number of H-pyrrole nitrogens is 1. The number of aromatic amines is 1. The fourth-order valence-corrected chi connectivity index (χ4v) is 6.84. The number of halogens is 1. The Morgan fingerprint density at radius 3 is 2.69 bits per heavy atom. The highest BCUT2D eigenvalue weighted by molar-refractivity contribution is 6.16. The molecule has 0 saturated heterocycles. The zero-order valence-electron chi connectivity index (χ0n) is 27.5. The Kier molecular flexibility index (Phi) is 9.25. The Labute approximate surface area is 280 Å². The fourth-order valence-electron chi connectivity index (χ4n) is 6.84. The third-order valence-corrected chi connectivity index (χ3v) is 9.27. The minimum Gasteiger partial charge on any atom is -0.384 e. The van der Waals surface area contributed by atoms with Gasteiger partial charge in [-0.3, -0.25) is 24.7 Å². The number of pyridine rings is 3. The molecule has 48 heavy (non-hydrogen) atoms. The lowest BCUT2D eigenvalue weighted by Crippen LogP contribution is -2.20. The molecule has 1 amide bonds. The van der Waals surface area contributed by atoms with Crippen LogP contribution in [0.25, 0.3) is 33.4 Å². The summed E-state index contributed by atoms with van der Waals surface area (Å²) in [5.41, 5.74) is 9.08. The van der Waals surface area contributed by atoms with E-state index in [1.54, 1.807) is 18.6 Å². The molecule has 7 rings (SSSR count). The molecule has 1 aliphatic heterocycles. The molecule has 0 unspecified atom stereocenters. The van der Waals surface area contributed by atoms with Crippen LogP contribution >= 0.6 is 0 Å². The number of nitrogens with one attached hydrogen (secondary N) is 3. The number of likely N-dealkylation sites (N-methyl/N-ethyl adjacent to an activating group) is 1. The predicted octanol–water partition coefficient (Wildman–Crippen LogP) is 7.10. The Balaban J connectivity index is 1.15. The largest absolute Gasteiger partial charge is 0.384 e. The van der Waals surface area contributed by atoms with Crippen LogP contribution in [-0.4, -0.2) is 70.2 Å². The highest BCUT2D eigenvalue weighted by atomic mass is 19.1. The third-order valence-electron chi connectivity index (χ3n) is 9.27. The molecule has 0 bridgehead atoms. The van der Waals surface area contributed by atoms with E-state index in [9.17, 15) is 9.18 Å². The van der Waals surface area contributed by atoms with Crippen LogP contribution in [0.5, 0.6) is 0 Å².